The van der Waals surface area contributed by atoms with E-state index in [1.54, 1.807) is 0 Å². The van der Waals surface area contributed by atoms with Crippen molar-refractivity contribution in [3.8, 4) is 0 Å². The van der Waals surface area contributed by atoms with Crippen LogP contribution in [0.2, 0.25) is 10.0 Å². The average Bonchev–Trinajstić information content (AvgIpc) is 3.79. The number of amides is 2. The molecular formula is C26H21Cl3F6N2O5. The molecule has 0 unspecified atom stereocenters. The van der Waals surface area contributed by atoms with Crippen LogP contribution in [-0.4, -0.2) is 40.5 Å². The van der Waals surface area contributed by atoms with Gasteiger partial charge in [0.1, 0.15) is 10.8 Å². The van der Waals surface area contributed by atoms with Crippen LogP contribution in [0.15, 0.2) is 36.4 Å². The van der Waals surface area contributed by atoms with Gasteiger partial charge in [0, 0.05) is 13.1 Å². The Balaban J connectivity index is 0.000000230. The van der Waals surface area contributed by atoms with E-state index in [9.17, 15) is 45.5 Å². The molecule has 2 fully saturated rings. The van der Waals surface area contributed by atoms with Crippen molar-refractivity contribution >= 4 is 57.8 Å². The molecule has 2 aromatic carbocycles. The van der Waals surface area contributed by atoms with Crippen molar-refractivity contribution in [2.75, 3.05) is 0 Å². The van der Waals surface area contributed by atoms with Crippen molar-refractivity contribution in [3.63, 3.8) is 0 Å². The van der Waals surface area contributed by atoms with Crippen LogP contribution in [0.5, 0.6) is 0 Å². The molecule has 42 heavy (non-hydrogen) atoms. The minimum Gasteiger partial charge on any atom is -0.478 e. The number of hydrogen-bond acceptors (Lipinski definition) is 4. The van der Waals surface area contributed by atoms with Gasteiger partial charge in [0.05, 0.1) is 21.2 Å². The minimum atomic E-state index is -4.57. The maximum absolute atomic E-state index is 12.8. The van der Waals surface area contributed by atoms with E-state index >= 15 is 0 Å². The fourth-order valence-electron chi connectivity index (χ4n) is 3.91. The predicted molar refractivity (Wildman–Crippen MR) is 139 cm³/mol. The van der Waals surface area contributed by atoms with Crippen LogP contribution < -0.4 is 10.6 Å². The highest BCUT2D eigenvalue weighted by Crippen LogP contribution is 2.58. The monoisotopic (exact) mass is 660 g/mol. The van der Waals surface area contributed by atoms with Crippen LogP contribution >= 0.6 is 34.8 Å². The van der Waals surface area contributed by atoms with E-state index in [2.05, 4.69) is 10.6 Å². The van der Waals surface area contributed by atoms with Crippen LogP contribution in [0.3, 0.4) is 0 Å². The number of rotatable bonds is 8. The molecule has 0 radical (unpaired) electrons. The van der Waals surface area contributed by atoms with Gasteiger partial charge in [-0.3, -0.25) is 14.4 Å². The Morgan fingerprint density at radius 2 is 1.07 bits per heavy atom. The van der Waals surface area contributed by atoms with E-state index in [1.807, 2.05) is 0 Å². The van der Waals surface area contributed by atoms with Gasteiger partial charge >= 0.3 is 18.3 Å². The number of carboxylic acid groups (broad SMARTS) is 1. The number of carboxylic acids is 1. The number of carbonyl (C=O) groups is 4. The fraction of sp³-hybridized carbons (Fsp3) is 0.385. The molecule has 2 saturated carbocycles. The number of nitrogens with one attached hydrogen (secondary N) is 2. The third-order valence-electron chi connectivity index (χ3n) is 6.86. The molecule has 228 valence electrons. The first-order valence-electron chi connectivity index (χ1n) is 12.0. The first kappa shape index (κ1) is 33.5. The molecule has 16 heteroatoms. The largest absolute Gasteiger partial charge is 0.478 e. The molecule has 3 N–H and O–H groups in total. The van der Waals surface area contributed by atoms with Crippen LogP contribution in [0.25, 0.3) is 0 Å². The number of alkyl halides is 6. The second-order valence-corrected chi connectivity index (χ2v) is 10.9. The Morgan fingerprint density at radius 3 is 1.38 bits per heavy atom. The van der Waals surface area contributed by atoms with Crippen molar-refractivity contribution in [1.82, 2.24) is 10.6 Å². The quantitative estimate of drug-likeness (QED) is 0.216. The van der Waals surface area contributed by atoms with Crippen molar-refractivity contribution in [2.24, 2.45) is 10.8 Å². The summed E-state index contributed by atoms with van der Waals surface area (Å²) in [6, 6.07) is 8.23. The van der Waals surface area contributed by atoms with Crippen LogP contribution in [0.1, 0.15) is 57.5 Å². The lowest BCUT2D eigenvalue weighted by atomic mass is 10.1. The predicted octanol–water partition coefficient (Wildman–Crippen LogP) is 6.67. The van der Waals surface area contributed by atoms with E-state index in [0.29, 0.717) is 11.1 Å². The molecule has 0 saturated heterocycles. The molecule has 0 spiro atoms. The first-order valence-corrected chi connectivity index (χ1v) is 13.2. The van der Waals surface area contributed by atoms with Crippen molar-refractivity contribution < 1.29 is 50.6 Å². The number of carbonyl (C=O) groups excluding carboxylic acids is 3. The number of benzene rings is 2. The van der Waals surface area contributed by atoms with Gasteiger partial charge in [-0.05, 0) is 72.7 Å². The molecule has 2 aliphatic carbocycles. The third kappa shape index (κ3) is 7.30. The van der Waals surface area contributed by atoms with Gasteiger partial charge in [-0.2, -0.15) is 26.3 Å². The van der Waals surface area contributed by atoms with Crippen molar-refractivity contribution in [3.05, 3.63) is 68.7 Å². The summed E-state index contributed by atoms with van der Waals surface area (Å²) in [7, 11) is 0. The zero-order valence-corrected chi connectivity index (χ0v) is 23.5. The van der Waals surface area contributed by atoms with E-state index in [1.165, 1.54) is 36.4 Å². The lowest BCUT2D eigenvalue weighted by Crippen LogP contribution is -2.40. The van der Waals surface area contributed by atoms with Gasteiger partial charge in [-0.15, -0.1) is 0 Å². The van der Waals surface area contributed by atoms with Gasteiger partial charge < -0.3 is 15.7 Å². The molecule has 0 aliphatic heterocycles. The maximum atomic E-state index is 12.8. The van der Waals surface area contributed by atoms with E-state index in [-0.39, 0.29) is 59.9 Å². The van der Waals surface area contributed by atoms with Gasteiger partial charge in [0.2, 0.25) is 11.8 Å². The van der Waals surface area contributed by atoms with Gasteiger partial charge in [-0.25, -0.2) is 4.79 Å². The number of aromatic carboxylic acids is 1. The normalized spacial score (nSPS) is 16.4. The summed E-state index contributed by atoms with van der Waals surface area (Å²) in [6.07, 6.45) is -9.95. The van der Waals surface area contributed by atoms with Gasteiger partial charge in [0.25, 0.3) is 5.24 Å². The Bertz CT molecular complexity index is 1300. The van der Waals surface area contributed by atoms with Gasteiger partial charge in [0.15, 0.2) is 0 Å². The fourth-order valence-corrected chi connectivity index (χ4v) is 4.52. The second-order valence-electron chi connectivity index (χ2n) is 9.73. The molecule has 2 aromatic rings. The standard InChI is InChI=1S/C13H10Cl2F3NO2.C13H11ClF3NO3/c14-9-2-1-7(5-8(9)10(15)20)6-19-11(21)12(3-4-12)13(16,17)18;14-9-2-1-7(5-8(9)10(19)20)6-18-11(21)12(3-4-12)13(15,16)17/h1-2,5H,3-4,6H2,(H,19,21);1-2,5H,3-4,6H2,(H,18,21)(H,19,20). The highest BCUT2D eigenvalue weighted by molar-refractivity contribution is 6.68. The molecule has 7 nitrogen and oxygen atoms in total. The summed E-state index contributed by atoms with van der Waals surface area (Å²) in [5.74, 6) is -3.38. The lowest BCUT2D eigenvalue weighted by molar-refractivity contribution is -0.193. The molecule has 2 aliphatic rings. The molecule has 0 atom stereocenters. The third-order valence-corrected chi connectivity index (χ3v) is 7.73. The van der Waals surface area contributed by atoms with E-state index < -0.39 is 46.2 Å². The molecule has 0 heterocycles. The Morgan fingerprint density at radius 1 is 0.714 bits per heavy atom. The molecule has 0 bridgehead atoms. The Kier molecular flexibility index (Phi) is 9.80. The smallest absolute Gasteiger partial charge is 0.403 e. The summed E-state index contributed by atoms with van der Waals surface area (Å²) in [6.45, 7) is -0.320. The van der Waals surface area contributed by atoms with Crippen molar-refractivity contribution in [1.29, 1.82) is 0 Å². The molecule has 4 rings (SSSR count). The Labute approximate surface area is 249 Å². The van der Waals surface area contributed by atoms with Gasteiger partial charge in [-0.1, -0.05) is 35.3 Å². The average molecular weight is 662 g/mol. The SMILES string of the molecule is O=C(Cl)c1cc(CNC(=O)C2(C(F)(F)F)CC2)ccc1Cl.O=C(O)c1cc(CNC(=O)C2(C(F)(F)F)CC2)ccc1Cl. The van der Waals surface area contributed by atoms with Crippen LogP contribution in [-0.2, 0) is 22.7 Å². The first-order chi connectivity index (χ1) is 19.3. The zero-order valence-electron chi connectivity index (χ0n) is 21.2. The summed E-state index contributed by atoms with van der Waals surface area (Å²) in [5.41, 5.74) is -3.86. The summed E-state index contributed by atoms with van der Waals surface area (Å²) >= 11 is 16.8. The van der Waals surface area contributed by atoms with Crippen LogP contribution in [0, 0.1) is 10.8 Å². The topological polar surface area (TPSA) is 113 Å². The summed E-state index contributed by atoms with van der Waals surface area (Å²) in [5, 5.41) is 12.7. The highest BCUT2D eigenvalue weighted by Gasteiger charge is 2.69. The maximum Gasteiger partial charge on any atom is 0.403 e. The number of halogens is 9. The molecular weight excluding hydrogens is 641 g/mol. The van der Waals surface area contributed by atoms with E-state index in [0.717, 1.165) is 0 Å². The highest BCUT2D eigenvalue weighted by atomic mass is 35.5. The molecule has 2 amide bonds. The zero-order chi connectivity index (χ0) is 31.7. The number of hydrogen-bond donors (Lipinski definition) is 3. The van der Waals surface area contributed by atoms with E-state index in [4.69, 9.17) is 39.9 Å². The lowest BCUT2D eigenvalue weighted by Gasteiger charge is -2.18. The second kappa shape index (κ2) is 12.3. The summed E-state index contributed by atoms with van der Waals surface area (Å²) < 4.78 is 76.5. The van der Waals surface area contributed by atoms with Crippen molar-refractivity contribution in [2.45, 2.75) is 51.1 Å². The Hall–Kier alpha value is -3.03. The van der Waals surface area contributed by atoms with Crippen LogP contribution in [0.4, 0.5) is 26.3 Å². The summed E-state index contributed by atoms with van der Waals surface area (Å²) in [4.78, 5) is 45.3. The minimum absolute atomic E-state index is 0.0199. The molecule has 0 aromatic heterocycles.